The van der Waals surface area contributed by atoms with Crippen molar-refractivity contribution in [3.63, 3.8) is 0 Å². The second kappa shape index (κ2) is 8.64. The van der Waals surface area contributed by atoms with Crippen LogP contribution in [-0.4, -0.2) is 43.6 Å². The molecule has 0 radical (unpaired) electrons. The summed E-state index contributed by atoms with van der Waals surface area (Å²) < 4.78 is 0. The highest BCUT2D eigenvalue weighted by molar-refractivity contribution is 7.99. The van der Waals surface area contributed by atoms with E-state index in [9.17, 15) is 19.2 Å². The third-order valence-electron chi connectivity index (χ3n) is 6.55. The van der Waals surface area contributed by atoms with Crippen LogP contribution in [0.4, 0.5) is 11.4 Å². The Kier molecular flexibility index (Phi) is 5.07. The third kappa shape index (κ3) is 3.37. The molecule has 2 aliphatic rings. The first kappa shape index (κ1) is 22.9. The molecule has 11 heteroatoms. The highest BCUT2D eigenvalue weighted by Gasteiger charge is 2.42. The molecule has 0 bridgehead atoms. The smallest absolute Gasteiger partial charge is 0.267 e. The lowest BCUT2D eigenvalue weighted by Gasteiger charge is -2.32. The molecule has 0 spiro atoms. The standard InChI is InChI=1S/C28H14N6O4S/c35-25-18-6-7-19-23-22(18)20(27(37)33(25)15-9-29-13-30-10-15)8-21(39-17-4-2-1-3-5-17)24(23)28(38)34(26(19)36)16-11-31-14-32-12-16/h1-14H. The molecule has 0 fully saturated rings. The van der Waals surface area contributed by atoms with Crippen LogP contribution in [0.25, 0.3) is 10.8 Å². The molecule has 5 aromatic rings. The van der Waals surface area contributed by atoms with E-state index < -0.39 is 23.6 Å². The molecule has 39 heavy (non-hydrogen) atoms. The lowest BCUT2D eigenvalue weighted by molar-refractivity contribution is 0.0871. The Hall–Kier alpha value is -5.29. The van der Waals surface area contributed by atoms with Gasteiger partial charge in [-0.1, -0.05) is 30.0 Å². The van der Waals surface area contributed by atoms with Crippen molar-refractivity contribution in [2.24, 2.45) is 0 Å². The summed E-state index contributed by atoms with van der Waals surface area (Å²) >= 11 is 1.29. The Labute approximate surface area is 224 Å². The zero-order chi connectivity index (χ0) is 26.7. The number of amides is 4. The van der Waals surface area contributed by atoms with Gasteiger partial charge >= 0.3 is 0 Å². The van der Waals surface area contributed by atoms with Crippen LogP contribution in [0, 0.1) is 0 Å². The monoisotopic (exact) mass is 530 g/mol. The average molecular weight is 531 g/mol. The average Bonchev–Trinajstić information content (AvgIpc) is 2.97. The molecule has 0 saturated carbocycles. The Morgan fingerprint density at radius 3 is 1.67 bits per heavy atom. The number of nitrogens with zero attached hydrogens (tertiary/aromatic N) is 6. The van der Waals surface area contributed by atoms with Gasteiger partial charge in [0.15, 0.2) is 0 Å². The molecule has 186 valence electrons. The summed E-state index contributed by atoms with van der Waals surface area (Å²) in [5.74, 6) is -2.38. The lowest BCUT2D eigenvalue weighted by atomic mass is 9.85. The van der Waals surface area contributed by atoms with Gasteiger partial charge in [0.2, 0.25) is 0 Å². The van der Waals surface area contributed by atoms with Crippen molar-refractivity contribution in [1.29, 1.82) is 0 Å². The van der Waals surface area contributed by atoms with E-state index >= 15 is 0 Å². The first-order chi connectivity index (χ1) is 19.0. The van der Waals surface area contributed by atoms with Crippen LogP contribution in [0.1, 0.15) is 41.4 Å². The highest BCUT2D eigenvalue weighted by atomic mass is 32.2. The number of imide groups is 2. The van der Waals surface area contributed by atoms with E-state index in [0.717, 1.165) is 14.7 Å². The van der Waals surface area contributed by atoms with Gasteiger partial charge in [-0.3, -0.25) is 19.2 Å². The summed E-state index contributed by atoms with van der Waals surface area (Å²) in [4.78, 5) is 74.4. The van der Waals surface area contributed by atoms with Crippen LogP contribution in [0.5, 0.6) is 0 Å². The topological polar surface area (TPSA) is 126 Å². The van der Waals surface area contributed by atoms with Gasteiger partial charge in [0.25, 0.3) is 23.6 Å². The van der Waals surface area contributed by atoms with E-state index in [2.05, 4.69) is 19.9 Å². The predicted molar refractivity (Wildman–Crippen MR) is 141 cm³/mol. The van der Waals surface area contributed by atoms with Gasteiger partial charge in [-0.25, -0.2) is 29.7 Å². The van der Waals surface area contributed by atoms with Crippen LogP contribution in [0.15, 0.2) is 95.8 Å². The van der Waals surface area contributed by atoms with E-state index in [1.165, 1.54) is 61.3 Å². The molecule has 2 aliphatic heterocycles. The fourth-order valence-electron chi connectivity index (χ4n) is 4.91. The summed E-state index contributed by atoms with van der Waals surface area (Å²) in [5.41, 5.74) is 1.24. The molecule has 0 N–H and O–H groups in total. The highest BCUT2D eigenvalue weighted by Crippen LogP contribution is 2.45. The van der Waals surface area contributed by atoms with Crippen molar-refractivity contribution in [2.75, 3.05) is 9.80 Å². The van der Waals surface area contributed by atoms with Gasteiger partial charge < -0.3 is 0 Å². The van der Waals surface area contributed by atoms with Crippen molar-refractivity contribution in [2.45, 2.75) is 9.79 Å². The van der Waals surface area contributed by atoms with Crippen molar-refractivity contribution < 1.29 is 19.2 Å². The van der Waals surface area contributed by atoms with Crippen LogP contribution in [0.3, 0.4) is 0 Å². The predicted octanol–water partition coefficient (Wildman–Crippen LogP) is 4.17. The number of hydrogen-bond acceptors (Lipinski definition) is 9. The quantitative estimate of drug-likeness (QED) is 0.315. The Morgan fingerprint density at radius 1 is 0.564 bits per heavy atom. The van der Waals surface area contributed by atoms with Gasteiger partial charge in [0, 0.05) is 31.7 Å². The van der Waals surface area contributed by atoms with Gasteiger partial charge in [-0.05, 0) is 30.3 Å². The summed E-state index contributed by atoms with van der Waals surface area (Å²) in [6.45, 7) is 0. The normalized spacial score (nSPS) is 14.4. The van der Waals surface area contributed by atoms with Crippen LogP contribution >= 0.6 is 11.8 Å². The number of benzene rings is 3. The van der Waals surface area contributed by atoms with Gasteiger partial charge in [-0.2, -0.15) is 0 Å². The zero-order valence-corrected chi connectivity index (χ0v) is 20.6. The maximum atomic E-state index is 14.0. The Bertz CT molecular complexity index is 1870. The van der Waals surface area contributed by atoms with E-state index in [0.29, 0.717) is 4.90 Å². The minimum Gasteiger partial charge on any atom is -0.268 e. The number of anilines is 2. The lowest BCUT2D eigenvalue weighted by Crippen LogP contribution is -2.44. The van der Waals surface area contributed by atoms with Crippen LogP contribution in [0.2, 0.25) is 0 Å². The molecule has 4 amide bonds. The minimum absolute atomic E-state index is 0.195. The van der Waals surface area contributed by atoms with Crippen molar-refractivity contribution in [3.05, 3.63) is 108 Å². The van der Waals surface area contributed by atoms with Crippen molar-refractivity contribution >= 4 is 57.5 Å². The second-order valence-corrected chi connectivity index (χ2v) is 9.82. The molecule has 3 aromatic carbocycles. The fraction of sp³-hybridized carbons (Fsp3) is 0. The molecule has 0 saturated heterocycles. The van der Waals surface area contributed by atoms with E-state index in [1.807, 2.05) is 30.3 Å². The Morgan fingerprint density at radius 2 is 1.08 bits per heavy atom. The van der Waals surface area contributed by atoms with Gasteiger partial charge in [-0.15, -0.1) is 0 Å². The molecule has 10 nitrogen and oxygen atoms in total. The molecule has 2 aromatic heterocycles. The van der Waals surface area contributed by atoms with Gasteiger partial charge in [0.1, 0.15) is 12.7 Å². The second-order valence-electron chi connectivity index (χ2n) is 8.71. The molecule has 0 atom stereocenters. The zero-order valence-electron chi connectivity index (χ0n) is 19.8. The van der Waals surface area contributed by atoms with Crippen molar-refractivity contribution in [3.8, 4) is 0 Å². The van der Waals surface area contributed by atoms with E-state index in [1.54, 1.807) is 6.07 Å². The maximum Gasteiger partial charge on any atom is 0.267 e. The maximum absolute atomic E-state index is 14.0. The first-order valence-corrected chi connectivity index (χ1v) is 12.5. The molecular formula is C28H14N6O4S. The number of hydrogen-bond donors (Lipinski definition) is 0. The molecular weight excluding hydrogens is 516 g/mol. The summed E-state index contributed by atoms with van der Waals surface area (Å²) in [6.07, 6.45) is 8.13. The third-order valence-corrected chi connectivity index (χ3v) is 7.60. The number of carbonyl (C=O) groups excluding carboxylic acids is 4. The number of rotatable bonds is 4. The molecule has 4 heterocycles. The minimum atomic E-state index is -0.598. The summed E-state index contributed by atoms with van der Waals surface area (Å²) in [6, 6.07) is 14.0. The molecule has 0 unspecified atom stereocenters. The van der Waals surface area contributed by atoms with Crippen LogP contribution in [-0.2, 0) is 0 Å². The number of carbonyl (C=O) groups is 4. The van der Waals surface area contributed by atoms with Crippen LogP contribution < -0.4 is 9.80 Å². The first-order valence-electron chi connectivity index (χ1n) is 11.7. The van der Waals surface area contributed by atoms with Gasteiger partial charge in [0.05, 0.1) is 47.3 Å². The molecule has 0 aliphatic carbocycles. The van der Waals surface area contributed by atoms with E-state index in [-0.39, 0.29) is 44.4 Å². The largest absolute Gasteiger partial charge is 0.268 e. The summed E-state index contributed by atoms with van der Waals surface area (Å²) in [7, 11) is 0. The number of aromatic nitrogens is 4. The molecule has 7 rings (SSSR count). The van der Waals surface area contributed by atoms with Crippen molar-refractivity contribution in [1.82, 2.24) is 19.9 Å². The SMILES string of the molecule is O=C1c2ccc3c4c(c(Sc5ccccc5)cc(c24)C(=O)N1c1cncnc1)C(=O)N(c1cncnc1)C3=O. The fourth-order valence-corrected chi connectivity index (χ4v) is 5.93. The Balaban J connectivity index is 1.53. The summed E-state index contributed by atoms with van der Waals surface area (Å²) in [5, 5.41) is 0.547. The van der Waals surface area contributed by atoms with E-state index in [4.69, 9.17) is 0 Å².